The number of rotatable bonds is 2. The first-order valence-corrected chi connectivity index (χ1v) is 7.11. The molecular weight excluding hydrogens is 360 g/mol. The van der Waals surface area contributed by atoms with E-state index < -0.39 is 40.1 Å². The van der Waals surface area contributed by atoms with Crippen molar-refractivity contribution >= 4 is 23.0 Å². The molecule has 0 heterocycles. The lowest BCUT2D eigenvalue weighted by Gasteiger charge is -2.48. The normalized spacial score (nSPS) is 23.8. The minimum atomic E-state index is -5.96. The van der Waals surface area contributed by atoms with Crippen molar-refractivity contribution in [2.24, 2.45) is 22.2 Å². The van der Waals surface area contributed by atoms with E-state index in [2.05, 4.69) is 17.3 Å². The van der Waals surface area contributed by atoms with Crippen molar-refractivity contribution in [3.8, 4) is 0 Å². The van der Waals surface area contributed by atoms with Crippen LogP contribution in [0.25, 0.3) is 0 Å². The van der Waals surface area contributed by atoms with Gasteiger partial charge < -0.3 is 10.8 Å². The molecule has 0 saturated heterocycles. The molecule has 1 rings (SSSR count). The van der Waals surface area contributed by atoms with Gasteiger partial charge in [-0.05, 0) is 37.1 Å². The zero-order chi connectivity index (χ0) is 19.1. The van der Waals surface area contributed by atoms with Gasteiger partial charge in [-0.15, -0.1) is 0 Å². The maximum absolute atomic E-state index is 13.3. The topological polar surface area (TPSA) is 70.6 Å². The summed E-state index contributed by atoms with van der Waals surface area (Å²) in [5, 5.41) is 12.8. The van der Waals surface area contributed by atoms with E-state index in [1.807, 2.05) is 5.43 Å². The molecule has 138 valence electrons. The number of aliphatic hydroxyl groups is 1. The van der Waals surface area contributed by atoms with Gasteiger partial charge in [-0.1, -0.05) is 19.4 Å². The highest BCUT2D eigenvalue weighted by Gasteiger charge is 2.76. The number of nitrogens with two attached hydrogens (primary N) is 1. The first-order chi connectivity index (χ1) is 10.5. The summed E-state index contributed by atoms with van der Waals surface area (Å²) in [6.45, 7) is 3.94. The van der Waals surface area contributed by atoms with Crippen LogP contribution in [-0.2, 0) is 0 Å². The van der Waals surface area contributed by atoms with Gasteiger partial charge in [-0.2, -0.15) is 31.4 Å². The Bertz CT molecular complexity index is 565. The van der Waals surface area contributed by atoms with Crippen LogP contribution in [0.3, 0.4) is 0 Å². The van der Waals surface area contributed by atoms with Crippen LogP contribution in [-0.4, -0.2) is 33.9 Å². The molecule has 0 spiro atoms. The van der Waals surface area contributed by atoms with Crippen molar-refractivity contribution in [3.05, 3.63) is 11.6 Å². The smallest absolute Gasteiger partial charge is 0.375 e. The minimum Gasteiger partial charge on any atom is -0.375 e. The molecule has 0 aliphatic heterocycles. The number of thiocarbonyl (C=S) groups is 1. The van der Waals surface area contributed by atoms with Gasteiger partial charge >= 0.3 is 12.4 Å². The monoisotopic (exact) mass is 377 g/mol. The third-order valence-electron chi connectivity index (χ3n) is 3.78. The summed E-state index contributed by atoms with van der Waals surface area (Å²) < 4.78 is 79.7. The summed E-state index contributed by atoms with van der Waals surface area (Å²) in [6.07, 6.45) is -11.0. The summed E-state index contributed by atoms with van der Waals surface area (Å²) in [5.41, 5.74) is 0.421. The maximum Gasteiger partial charge on any atom is 0.426 e. The summed E-state index contributed by atoms with van der Waals surface area (Å²) in [5.74, 6) is -2.41. The number of hydrogen-bond acceptors (Lipinski definition) is 3. The molecular formula is C13H17F6N3OS. The van der Waals surface area contributed by atoms with E-state index in [4.69, 9.17) is 5.73 Å². The van der Waals surface area contributed by atoms with Gasteiger partial charge in [0.2, 0.25) is 0 Å². The van der Waals surface area contributed by atoms with Crippen molar-refractivity contribution in [2.45, 2.75) is 45.1 Å². The predicted molar refractivity (Wildman–Crippen MR) is 80.1 cm³/mol. The fourth-order valence-corrected chi connectivity index (χ4v) is 3.14. The van der Waals surface area contributed by atoms with Gasteiger partial charge in [0.15, 0.2) is 5.11 Å². The van der Waals surface area contributed by atoms with E-state index in [1.54, 1.807) is 0 Å². The second-order valence-corrected chi connectivity index (χ2v) is 6.80. The van der Waals surface area contributed by atoms with E-state index in [-0.39, 0.29) is 6.42 Å². The quantitative estimate of drug-likeness (QED) is 0.393. The first-order valence-electron chi connectivity index (χ1n) is 6.70. The van der Waals surface area contributed by atoms with Crippen molar-refractivity contribution in [1.29, 1.82) is 0 Å². The number of allylic oxidation sites excluding steroid dienone is 2. The molecule has 4 N–H and O–H groups in total. The molecule has 0 radical (unpaired) electrons. The molecule has 0 bridgehead atoms. The molecule has 0 fully saturated rings. The Balaban J connectivity index is 3.68. The molecule has 0 saturated carbocycles. The predicted octanol–water partition coefficient (Wildman–Crippen LogP) is 3.02. The Labute approximate surface area is 139 Å². The summed E-state index contributed by atoms with van der Waals surface area (Å²) in [4.78, 5) is 0. The molecule has 0 aromatic carbocycles. The Morgan fingerprint density at radius 2 is 1.75 bits per heavy atom. The van der Waals surface area contributed by atoms with Gasteiger partial charge in [0.05, 0.1) is 11.6 Å². The van der Waals surface area contributed by atoms with Gasteiger partial charge in [0, 0.05) is 0 Å². The SMILES string of the molecule is CC1=C/C(=N/NC(N)=S)C(C(O)(C(F)(F)F)C(F)(F)F)C(C)(C)C1. The number of hydrazone groups is 1. The zero-order valence-electron chi connectivity index (χ0n) is 13.0. The molecule has 4 nitrogen and oxygen atoms in total. The van der Waals surface area contributed by atoms with Crippen molar-refractivity contribution in [3.63, 3.8) is 0 Å². The number of nitrogens with zero attached hydrogens (tertiary/aromatic N) is 1. The molecule has 24 heavy (non-hydrogen) atoms. The lowest BCUT2D eigenvalue weighted by Crippen LogP contribution is -2.67. The maximum atomic E-state index is 13.3. The van der Waals surface area contributed by atoms with E-state index in [0.29, 0.717) is 5.57 Å². The van der Waals surface area contributed by atoms with Crippen molar-refractivity contribution < 1.29 is 31.4 Å². The van der Waals surface area contributed by atoms with Crippen molar-refractivity contribution in [1.82, 2.24) is 5.43 Å². The van der Waals surface area contributed by atoms with Crippen LogP contribution in [0, 0.1) is 11.3 Å². The number of nitrogens with one attached hydrogen (secondary N) is 1. The van der Waals surface area contributed by atoms with E-state index >= 15 is 0 Å². The first kappa shape index (κ1) is 20.7. The van der Waals surface area contributed by atoms with Gasteiger partial charge in [-0.3, -0.25) is 5.43 Å². The Morgan fingerprint density at radius 1 is 1.29 bits per heavy atom. The van der Waals surface area contributed by atoms with E-state index in [0.717, 1.165) is 6.08 Å². The van der Waals surface area contributed by atoms with Gasteiger partial charge in [-0.25, -0.2) is 0 Å². The highest BCUT2D eigenvalue weighted by atomic mass is 32.1. The summed E-state index contributed by atoms with van der Waals surface area (Å²) in [6, 6.07) is 0. The summed E-state index contributed by atoms with van der Waals surface area (Å²) in [7, 11) is 0. The van der Waals surface area contributed by atoms with E-state index in [1.165, 1.54) is 20.8 Å². The number of halogens is 6. The van der Waals surface area contributed by atoms with Crippen LogP contribution in [0.4, 0.5) is 26.3 Å². The third-order valence-corrected chi connectivity index (χ3v) is 3.87. The van der Waals surface area contributed by atoms with Crippen LogP contribution in [0.5, 0.6) is 0 Å². The van der Waals surface area contributed by atoms with Crippen molar-refractivity contribution in [2.75, 3.05) is 0 Å². The molecule has 0 aromatic heterocycles. The summed E-state index contributed by atoms with van der Waals surface area (Å²) >= 11 is 4.46. The van der Waals surface area contributed by atoms with E-state index in [9.17, 15) is 31.4 Å². The van der Waals surface area contributed by atoms with Crippen LogP contribution in [0.15, 0.2) is 16.8 Å². The number of alkyl halides is 6. The lowest BCUT2D eigenvalue weighted by atomic mass is 9.61. The van der Waals surface area contributed by atoms with Crippen LogP contribution in [0.2, 0.25) is 0 Å². The average Bonchev–Trinajstić information content (AvgIpc) is 2.30. The molecule has 1 atom stereocenters. The Hall–Kier alpha value is -1.36. The molecule has 0 amide bonds. The highest BCUT2D eigenvalue weighted by molar-refractivity contribution is 7.80. The van der Waals surface area contributed by atoms with Gasteiger partial charge in [0.25, 0.3) is 5.60 Å². The Kier molecular flexibility index (Phi) is 5.32. The number of hydrogen-bond donors (Lipinski definition) is 3. The molecule has 1 aliphatic rings. The van der Waals surface area contributed by atoms with Crippen LogP contribution >= 0.6 is 12.2 Å². The standard InChI is InChI=1S/C13H17F6N3OS/c1-6-4-7(21-22-9(20)24)8(10(2,3)5-6)11(23,12(14,15)16)13(17,18)19/h4,8,23H,5H2,1-3H3,(H3,20,22,24)/b21-7-. The zero-order valence-corrected chi connectivity index (χ0v) is 13.8. The molecule has 1 aliphatic carbocycles. The average molecular weight is 377 g/mol. The van der Waals surface area contributed by atoms with Crippen LogP contribution < -0.4 is 11.2 Å². The highest BCUT2D eigenvalue weighted by Crippen LogP contribution is 2.55. The van der Waals surface area contributed by atoms with Gasteiger partial charge in [0.1, 0.15) is 0 Å². The molecule has 1 unspecified atom stereocenters. The lowest BCUT2D eigenvalue weighted by molar-refractivity contribution is -0.385. The second-order valence-electron chi connectivity index (χ2n) is 6.36. The fraction of sp³-hybridized carbons (Fsp3) is 0.692. The van der Waals surface area contributed by atoms with Crippen LogP contribution in [0.1, 0.15) is 27.2 Å². The minimum absolute atomic E-state index is 0.0851. The largest absolute Gasteiger partial charge is 0.426 e. The molecule has 11 heteroatoms. The Morgan fingerprint density at radius 3 is 2.12 bits per heavy atom. The second kappa shape index (κ2) is 6.17. The fourth-order valence-electron chi connectivity index (χ4n) is 3.09. The third kappa shape index (κ3) is 3.66. The molecule has 0 aromatic rings.